The maximum absolute atomic E-state index is 10.7. The van der Waals surface area contributed by atoms with Crippen LogP contribution in [0.3, 0.4) is 0 Å². The van der Waals surface area contributed by atoms with Crippen molar-refractivity contribution in [3.63, 3.8) is 0 Å². The van der Waals surface area contributed by atoms with Crippen LogP contribution in [0.25, 0.3) is 0 Å². The molecule has 0 amide bonds. The monoisotopic (exact) mass is 139 g/mol. The van der Waals surface area contributed by atoms with Gasteiger partial charge >= 0.3 is 0 Å². The van der Waals surface area contributed by atoms with Crippen LogP contribution in [-0.4, -0.2) is 11.8 Å². The minimum Gasteiger partial charge on any atom is -0.295 e. The molecular weight excluding hydrogens is 130 g/mol. The second-order valence-electron chi connectivity index (χ2n) is 2.51. The van der Waals surface area contributed by atoms with Crippen LogP contribution < -0.4 is 0 Å². The highest BCUT2D eigenvalue weighted by Crippen LogP contribution is 2.17. The largest absolute Gasteiger partial charge is 0.295 e. The van der Waals surface area contributed by atoms with E-state index in [9.17, 15) is 9.70 Å². The normalized spacial score (nSPS) is 25.9. The molecule has 0 spiro atoms. The molecule has 54 valence electrons. The van der Waals surface area contributed by atoms with Gasteiger partial charge in [-0.3, -0.25) is 4.79 Å². The smallest absolute Gasteiger partial charge is 0.155 e. The van der Waals surface area contributed by atoms with Crippen molar-refractivity contribution < 1.29 is 4.79 Å². The van der Waals surface area contributed by atoms with Crippen LogP contribution in [0, 0.1) is 4.91 Å². The molecular formula is C7H9NO2. The van der Waals surface area contributed by atoms with Gasteiger partial charge in [0.05, 0.1) is 0 Å². The second-order valence-corrected chi connectivity index (χ2v) is 2.51. The van der Waals surface area contributed by atoms with Crippen molar-refractivity contribution in [1.29, 1.82) is 0 Å². The fourth-order valence-electron chi connectivity index (χ4n) is 1.06. The molecule has 0 heterocycles. The van der Waals surface area contributed by atoms with Gasteiger partial charge in [-0.1, -0.05) is 5.18 Å². The van der Waals surface area contributed by atoms with E-state index in [2.05, 4.69) is 5.18 Å². The number of rotatable bonds is 1. The number of hydrogen-bond acceptors (Lipinski definition) is 3. The van der Waals surface area contributed by atoms with Gasteiger partial charge in [0, 0.05) is 6.42 Å². The molecule has 0 N–H and O–H groups in total. The minimum absolute atomic E-state index is 0.109. The van der Waals surface area contributed by atoms with E-state index in [4.69, 9.17) is 0 Å². The molecule has 1 aliphatic rings. The average Bonchev–Trinajstić information content (AvgIpc) is 1.88. The molecule has 0 bridgehead atoms. The summed E-state index contributed by atoms with van der Waals surface area (Å²) < 4.78 is 0. The lowest BCUT2D eigenvalue weighted by molar-refractivity contribution is -0.115. The lowest BCUT2D eigenvalue weighted by Gasteiger charge is -2.12. The van der Waals surface area contributed by atoms with E-state index >= 15 is 0 Å². The molecule has 1 aliphatic carbocycles. The van der Waals surface area contributed by atoms with Crippen molar-refractivity contribution in [3.8, 4) is 0 Å². The molecule has 1 atom stereocenters. The van der Waals surface area contributed by atoms with E-state index in [0.29, 0.717) is 12.8 Å². The lowest BCUT2D eigenvalue weighted by Crippen LogP contribution is -2.14. The summed E-state index contributed by atoms with van der Waals surface area (Å²) in [4.78, 5) is 20.8. The van der Waals surface area contributed by atoms with Gasteiger partial charge in [-0.15, -0.1) is 0 Å². The predicted molar refractivity (Wildman–Crippen MR) is 37.6 cm³/mol. The van der Waals surface area contributed by atoms with Crippen LogP contribution in [0.5, 0.6) is 0 Å². The second kappa shape index (κ2) is 2.73. The van der Waals surface area contributed by atoms with Crippen LogP contribution in [-0.2, 0) is 4.79 Å². The third kappa shape index (κ3) is 1.29. The molecule has 0 aliphatic heterocycles. The molecule has 10 heavy (non-hydrogen) atoms. The SMILES string of the molecule is CC1=CC(=O)CC[C@H]1N=O. The quantitative estimate of drug-likeness (QED) is 0.516. The predicted octanol–water partition coefficient (Wildman–Crippen LogP) is 1.43. The Kier molecular flexibility index (Phi) is 1.94. The van der Waals surface area contributed by atoms with Crippen LogP contribution in [0.15, 0.2) is 16.8 Å². The van der Waals surface area contributed by atoms with E-state index in [1.807, 2.05) is 0 Å². The Bertz CT molecular complexity index is 196. The first kappa shape index (κ1) is 7.12. The van der Waals surface area contributed by atoms with Gasteiger partial charge < -0.3 is 0 Å². The van der Waals surface area contributed by atoms with Crippen molar-refractivity contribution in [2.45, 2.75) is 25.8 Å². The molecule has 0 aromatic heterocycles. The molecule has 1 rings (SSSR count). The number of hydrogen-bond donors (Lipinski definition) is 0. The Morgan fingerprint density at radius 1 is 1.70 bits per heavy atom. The lowest BCUT2D eigenvalue weighted by atomic mass is 9.95. The molecule has 0 radical (unpaired) electrons. The summed E-state index contributed by atoms with van der Waals surface area (Å²) in [5, 5.41) is 2.89. The molecule has 3 heteroatoms. The number of carbonyl (C=O) groups excluding carboxylic acids is 1. The van der Waals surface area contributed by atoms with Crippen molar-refractivity contribution in [1.82, 2.24) is 0 Å². The van der Waals surface area contributed by atoms with Gasteiger partial charge in [-0.05, 0) is 25.0 Å². The van der Waals surface area contributed by atoms with Gasteiger partial charge in [0.25, 0.3) is 0 Å². The molecule has 0 aromatic rings. The first-order valence-electron chi connectivity index (χ1n) is 3.27. The van der Waals surface area contributed by atoms with E-state index in [1.54, 1.807) is 6.92 Å². The summed E-state index contributed by atoms with van der Waals surface area (Å²) >= 11 is 0. The molecule has 0 saturated heterocycles. The standard InChI is InChI=1S/C7H9NO2/c1-5-4-6(9)2-3-7(5)8-10/h4,7H,2-3H2,1H3/t7-/m1/s1. The minimum atomic E-state index is -0.252. The molecule has 0 unspecified atom stereocenters. The van der Waals surface area contributed by atoms with Crippen molar-refractivity contribution >= 4 is 5.78 Å². The summed E-state index contributed by atoms with van der Waals surface area (Å²) in [7, 11) is 0. The highest BCUT2D eigenvalue weighted by Gasteiger charge is 2.18. The number of nitrogens with zero attached hydrogens (tertiary/aromatic N) is 1. The Morgan fingerprint density at radius 2 is 2.40 bits per heavy atom. The van der Waals surface area contributed by atoms with Crippen molar-refractivity contribution in [2.75, 3.05) is 0 Å². The number of carbonyl (C=O) groups is 1. The fraction of sp³-hybridized carbons (Fsp3) is 0.571. The number of allylic oxidation sites excluding steroid dienone is 1. The summed E-state index contributed by atoms with van der Waals surface area (Å²) in [6.07, 6.45) is 2.56. The van der Waals surface area contributed by atoms with Crippen LogP contribution >= 0.6 is 0 Å². The number of nitroso groups, excluding NO2 is 1. The molecule has 0 fully saturated rings. The van der Waals surface area contributed by atoms with E-state index < -0.39 is 0 Å². The highest BCUT2D eigenvalue weighted by molar-refractivity contribution is 5.91. The van der Waals surface area contributed by atoms with Gasteiger partial charge in [0.1, 0.15) is 6.04 Å². The number of ketones is 1. The zero-order valence-corrected chi connectivity index (χ0v) is 5.83. The van der Waals surface area contributed by atoms with Crippen LogP contribution in [0.1, 0.15) is 19.8 Å². The zero-order valence-electron chi connectivity index (χ0n) is 5.83. The first-order chi connectivity index (χ1) is 4.74. The summed E-state index contributed by atoms with van der Waals surface area (Å²) in [6.45, 7) is 1.77. The maximum Gasteiger partial charge on any atom is 0.155 e. The van der Waals surface area contributed by atoms with Crippen molar-refractivity contribution in [2.24, 2.45) is 5.18 Å². The van der Waals surface area contributed by atoms with Gasteiger partial charge in [-0.2, -0.15) is 4.91 Å². The first-order valence-corrected chi connectivity index (χ1v) is 3.27. The molecule has 0 saturated carbocycles. The van der Waals surface area contributed by atoms with E-state index in [0.717, 1.165) is 5.57 Å². The van der Waals surface area contributed by atoms with Gasteiger partial charge in [0.15, 0.2) is 5.78 Å². The Hall–Kier alpha value is -0.990. The molecule has 0 aromatic carbocycles. The Balaban J connectivity index is 2.76. The summed E-state index contributed by atoms with van der Waals surface area (Å²) in [6, 6.07) is -0.252. The van der Waals surface area contributed by atoms with E-state index in [-0.39, 0.29) is 11.8 Å². The highest BCUT2D eigenvalue weighted by atomic mass is 16.3. The zero-order chi connectivity index (χ0) is 7.56. The van der Waals surface area contributed by atoms with Crippen LogP contribution in [0.4, 0.5) is 0 Å². The van der Waals surface area contributed by atoms with Crippen molar-refractivity contribution in [3.05, 3.63) is 16.6 Å². The Labute approximate surface area is 59.1 Å². The fourth-order valence-corrected chi connectivity index (χ4v) is 1.06. The maximum atomic E-state index is 10.7. The van der Waals surface area contributed by atoms with E-state index in [1.165, 1.54) is 6.08 Å². The molecule has 3 nitrogen and oxygen atoms in total. The third-order valence-electron chi connectivity index (χ3n) is 1.71. The average molecular weight is 139 g/mol. The van der Waals surface area contributed by atoms with Gasteiger partial charge in [-0.25, -0.2) is 0 Å². The Morgan fingerprint density at radius 3 is 2.90 bits per heavy atom. The summed E-state index contributed by atoms with van der Waals surface area (Å²) in [5.41, 5.74) is 0.797. The summed E-state index contributed by atoms with van der Waals surface area (Å²) in [5.74, 6) is 0.109. The third-order valence-corrected chi connectivity index (χ3v) is 1.71. The topological polar surface area (TPSA) is 46.5 Å². The van der Waals surface area contributed by atoms with Crippen LogP contribution in [0.2, 0.25) is 0 Å². The van der Waals surface area contributed by atoms with Gasteiger partial charge in [0.2, 0.25) is 0 Å².